The van der Waals surface area contributed by atoms with Gasteiger partial charge >= 0.3 is 12.5 Å². The van der Waals surface area contributed by atoms with E-state index < -0.39 is 24.2 Å². The predicted octanol–water partition coefficient (Wildman–Crippen LogP) is 1.74. The molecule has 2 atom stereocenters. The van der Waals surface area contributed by atoms with Crippen LogP contribution >= 0.6 is 0 Å². The molecule has 2 aliphatic rings. The van der Waals surface area contributed by atoms with E-state index in [4.69, 9.17) is 0 Å². The van der Waals surface area contributed by atoms with Gasteiger partial charge < -0.3 is 15.0 Å². The number of carbonyl (C=O) groups is 2. The molecule has 0 spiro atoms. The molecule has 0 radical (unpaired) electrons. The van der Waals surface area contributed by atoms with Crippen LogP contribution in [0.2, 0.25) is 0 Å². The van der Waals surface area contributed by atoms with Gasteiger partial charge in [0.15, 0.2) is 0 Å². The van der Waals surface area contributed by atoms with Crippen molar-refractivity contribution in [2.75, 3.05) is 19.6 Å². The molecular weight excluding hydrogens is 332 g/mol. The molecule has 1 aromatic rings. The molecule has 1 N–H and O–H groups in total. The van der Waals surface area contributed by atoms with Crippen LogP contribution < -0.4 is 10.1 Å². The molecule has 0 unspecified atom stereocenters. The molecule has 2 heterocycles. The monoisotopic (exact) mass is 346 g/mol. The van der Waals surface area contributed by atoms with Gasteiger partial charge in [0, 0.05) is 25.6 Å². The highest BCUT2D eigenvalue weighted by molar-refractivity contribution is 5.97. The van der Waals surface area contributed by atoms with Crippen LogP contribution in [0.15, 0.2) is 24.3 Å². The molecule has 9 heteroatoms. The molecule has 1 aromatic carbocycles. The van der Waals surface area contributed by atoms with Gasteiger partial charge in [-0.05, 0) is 12.1 Å². The van der Waals surface area contributed by atoms with Crippen LogP contribution in [0.5, 0.6) is 5.75 Å². The summed E-state index contributed by atoms with van der Waals surface area (Å²) >= 11 is 0. The largest absolute Gasteiger partial charge is 0.461 e. The molecule has 3 rings (SSSR count). The molecule has 2 fully saturated rings. The molecule has 2 amide bonds. The van der Waals surface area contributed by atoms with Gasteiger partial charge in [-0.2, -0.15) is 17.6 Å². The van der Waals surface area contributed by atoms with Crippen LogP contribution in [-0.4, -0.2) is 48.9 Å². The van der Waals surface area contributed by atoms with Gasteiger partial charge in [-0.3, -0.25) is 9.59 Å². The first-order valence-corrected chi connectivity index (χ1v) is 7.30. The number of likely N-dealkylation sites (tertiary alicyclic amines) is 1. The number of ether oxygens (including phenoxy) is 1. The van der Waals surface area contributed by atoms with Gasteiger partial charge in [-0.1, -0.05) is 12.1 Å². The van der Waals surface area contributed by atoms with Crippen LogP contribution in [0.3, 0.4) is 0 Å². The number of hydrogen-bond donors (Lipinski definition) is 1. The smallest absolute Gasteiger partial charge is 0.427 e. The zero-order valence-corrected chi connectivity index (χ0v) is 12.3. The lowest BCUT2D eigenvalue weighted by molar-refractivity contribution is -0.253. The number of hydrogen-bond acceptors (Lipinski definition) is 3. The van der Waals surface area contributed by atoms with E-state index >= 15 is 0 Å². The van der Waals surface area contributed by atoms with Crippen LogP contribution in [-0.2, 0) is 4.79 Å². The third kappa shape index (κ3) is 2.90. The van der Waals surface area contributed by atoms with E-state index in [9.17, 15) is 27.2 Å². The molecule has 2 aliphatic heterocycles. The molecule has 130 valence electrons. The first-order valence-electron chi connectivity index (χ1n) is 7.30. The Morgan fingerprint density at radius 1 is 1.29 bits per heavy atom. The molecule has 24 heavy (non-hydrogen) atoms. The zero-order chi connectivity index (χ0) is 17.5. The number of halogens is 4. The summed E-state index contributed by atoms with van der Waals surface area (Å²) in [5.41, 5.74) is -0.238. The number of carbonyl (C=O) groups excluding carboxylic acids is 2. The highest BCUT2D eigenvalue weighted by atomic mass is 19.3. The van der Waals surface area contributed by atoms with Gasteiger partial charge in [0.1, 0.15) is 5.75 Å². The normalized spacial score (nSPS) is 23.4. The van der Waals surface area contributed by atoms with Crippen LogP contribution in [0.4, 0.5) is 17.6 Å². The van der Waals surface area contributed by atoms with Crippen molar-refractivity contribution >= 4 is 11.8 Å². The number of para-hydroxylation sites is 1. The van der Waals surface area contributed by atoms with Crippen molar-refractivity contribution in [2.45, 2.75) is 12.5 Å². The number of benzene rings is 1. The fraction of sp³-hybridized carbons (Fsp3) is 0.467. The van der Waals surface area contributed by atoms with E-state index in [0.717, 1.165) is 6.07 Å². The number of nitrogens with zero attached hydrogens (tertiary/aromatic N) is 1. The standard InChI is InChI=1S/C15H14F4N2O3/c16-14(17)15(18,19)24-11-4-2-1-3-9(11)13(23)21-6-8-5-20-12(22)10(8)7-21/h1-4,8,10,14H,5-7H2,(H,20,22)/t8-,10+/m0/s1. The lowest BCUT2D eigenvalue weighted by Crippen LogP contribution is -2.36. The minimum absolute atomic E-state index is 0.0305. The van der Waals surface area contributed by atoms with Crippen LogP contribution in [0, 0.1) is 11.8 Å². The minimum Gasteiger partial charge on any atom is -0.427 e. The number of amides is 2. The first kappa shape index (κ1) is 16.5. The summed E-state index contributed by atoms with van der Waals surface area (Å²) in [5.74, 6) is -1.75. The van der Waals surface area contributed by atoms with Gasteiger partial charge in [-0.15, -0.1) is 0 Å². The summed E-state index contributed by atoms with van der Waals surface area (Å²) in [5, 5.41) is 2.69. The zero-order valence-electron chi connectivity index (χ0n) is 12.3. The van der Waals surface area contributed by atoms with Crippen molar-refractivity contribution < 1.29 is 31.9 Å². The van der Waals surface area contributed by atoms with Crippen molar-refractivity contribution in [3.05, 3.63) is 29.8 Å². The molecule has 0 bridgehead atoms. The fourth-order valence-electron chi connectivity index (χ4n) is 3.00. The molecule has 0 aromatic heterocycles. The summed E-state index contributed by atoms with van der Waals surface area (Å²) in [6.45, 7) is 0.908. The number of nitrogens with one attached hydrogen (secondary N) is 1. The highest BCUT2D eigenvalue weighted by Crippen LogP contribution is 2.33. The summed E-state index contributed by atoms with van der Waals surface area (Å²) < 4.78 is 55.0. The van der Waals surface area contributed by atoms with E-state index in [2.05, 4.69) is 10.1 Å². The second-order valence-electron chi connectivity index (χ2n) is 5.78. The maximum atomic E-state index is 13.1. The second-order valence-corrected chi connectivity index (χ2v) is 5.78. The van der Waals surface area contributed by atoms with Crippen molar-refractivity contribution in [3.8, 4) is 5.75 Å². The van der Waals surface area contributed by atoms with E-state index in [1.807, 2.05) is 0 Å². The lowest BCUT2D eigenvalue weighted by Gasteiger charge is -2.22. The van der Waals surface area contributed by atoms with Crippen molar-refractivity contribution in [1.29, 1.82) is 0 Å². The number of rotatable bonds is 4. The second kappa shape index (κ2) is 5.95. The highest BCUT2D eigenvalue weighted by Gasteiger charge is 2.46. The third-order valence-corrected chi connectivity index (χ3v) is 4.22. The van der Waals surface area contributed by atoms with Crippen LogP contribution in [0.1, 0.15) is 10.4 Å². The molecule has 0 aliphatic carbocycles. The van der Waals surface area contributed by atoms with Crippen LogP contribution in [0.25, 0.3) is 0 Å². The third-order valence-electron chi connectivity index (χ3n) is 4.22. The summed E-state index contributed by atoms with van der Waals surface area (Å²) in [4.78, 5) is 25.5. The summed E-state index contributed by atoms with van der Waals surface area (Å²) in [6, 6.07) is 4.99. The maximum Gasteiger partial charge on any atom is 0.461 e. The molecular formula is C15H14F4N2O3. The van der Waals surface area contributed by atoms with Gasteiger partial charge in [0.25, 0.3) is 5.91 Å². The van der Waals surface area contributed by atoms with Crippen molar-refractivity contribution in [1.82, 2.24) is 10.2 Å². The van der Waals surface area contributed by atoms with Crippen molar-refractivity contribution in [3.63, 3.8) is 0 Å². The number of alkyl halides is 4. The molecule has 5 nitrogen and oxygen atoms in total. The van der Waals surface area contributed by atoms with Gasteiger partial charge in [0.05, 0.1) is 11.5 Å². The Bertz CT molecular complexity index is 668. The SMILES string of the molecule is O=C1NC[C@H]2CN(C(=O)c3ccccc3OC(F)(F)C(F)F)C[C@@H]12. The Morgan fingerprint density at radius 2 is 2.00 bits per heavy atom. The minimum atomic E-state index is -4.70. The fourth-order valence-corrected chi connectivity index (χ4v) is 3.00. The van der Waals surface area contributed by atoms with Gasteiger partial charge in [-0.25, -0.2) is 0 Å². The first-order chi connectivity index (χ1) is 11.3. The maximum absolute atomic E-state index is 13.1. The molecule has 2 saturated heterocycles. The van der Waals surface area contributed by atoms with Gasteiger partial charge in [0.2, 0.25) is 5.91 Å². The summed E-state index contributed by atoms with van der Waals surface area (Å²) in [6.07, 6.45) is -8.71. The predicted molar refractivity (Wildman–Crippen MR) is 73.9 cm³/mol. The Hall–Kier alpha value is -2.32. The van der Waals surface area contributed by atoms with E-state index in [1.165, 1.54) is 23.1 Å². The molecule has 0 saturated carbocycles. The Kier molecular flexibility index (Phi) is 4.10. The van der Waals surface area contributed by atoms with E-state index in [1.54, 1.807) is 0 Å². The Balaban J connectivity index is 1.80. The topological polar surface area (TPSA) is 58.6 Å². The Morgan fingerprint density at radius 3 is 2.67 bits per heavy atom. The Labute approximate surface area is 134 Å². The summed E-state index contributed by atoms with van der Waals surface area (Å²) in [7, 11) is 0. The average molecular weight is 346 g/mol. The van der Waals surface area contributed by atoms with E-state index in [0.29, 0.717) is 13.1 Å². The van der Waals surface area contributed by atoms with E-state index in [-0.39, 0.29) is 29.9 Å². The average Bonchev–Trinajstić information content (AvgIpc) is 3.09. The van der Waals surface area contributed by atoms with Crippen molar-refractivity contribution in [2.24, 2.45) is 11.8 Å². The number of fused-ring (bicyclic) bond motifs is 1. The lowest BCUT2D eigenvalue weighted by atomic mass is 10.0. The quantitative estimate of drug-likeness (QED) is 0.845.